The summed E-state index contributed by atoms with van der Waals surface area (Å²) >= 11 is 0. The summed E-state index contributed by atoms with van der Waals surface area (Å²) in [6.45, 7) is 12.6. The Balaban J connectivity index is 1.75. The van der Waals surface area contributed by atoms with Crippen molar-refractivity contribution in [3.63, 3.8) is 0 Å². The average Bonchev–Trinajstić information content (AvgIpc) is 2.91. The summed E-state index contributed by atoms with van der Waals surface area (Å²) in [5.41, 5.74) is 0.632. The number of aliphatic carboxylic acids is 1. The van der Waals surface area contributed by atoms with Crippen molar-refractivity contribution in [2.45, 2.75) is 91.6 Å². The average molecular weight is 403 g/mol. The number of ether oxygens (including phenoxy) is 1. The van der Waals surface area contributed by atoms with E-state index in [9.17, 15) is 14.7 Å². The Morgan fingerprint density at radius 1 is 1.17 bits per heavy atom. The van der Waals surface area contributed by atoms with Gasteiger partial charge in [-0.1, -0.05) is 32.9 Å². The highest BCUT2D eigenvalue weighted by molar-refractivity contribution is 5.75. The zero-order valence-electron chi connectivity index (χ0n) is 18.6. The number of carbonyl (C=O) groups is 2. The third-order valence-electron chi connectivity index (χ3n) is 9.94. The van der Waals surface area contributed by atoms with Crippen molar-refractivity contribution in [3.8, 4) is 0 Å². The van der Waals surface area contributed by atoms with Gasteiger partial charge in [0.25, 0.3) is 0 Å². The Bertz CT molecular complexity index is 728. The zero-order valence-corrected chi connectivity index (χ0v) is 18.6. The van der Waals surface area contributed by atoms with Gasteiger partial charge in [-0.25, -0.2) is 0 Å². The molecule has 4 aliphatic carbocycles. The minimum absolute atomic E-state index is 0.0528. The maximum atomic E-state index is 12.8. The molecular weight excluding hydrogens is 364 g/mol. The monoisotopic (exact) mass is 402 g/mol. The molecule has 0 heterocycles. The summed E-state index contributed by atoms with van der Waals surface area (Å²) in [6.07, 6.45) is 8.44. The molecule has 1 spiro atoms. The molecular formula is C25H38O4. The van der Waals surface area contributed by atoms with Crippen molar-refractivity contribution >= 4 is 11.9 Å². The maximum absolute atomic E-state index is 12.8. The van der Waals surface area contributed by atoms with E-state index in [1.807, 2.05) is 20.8 Å². The fraction of sp³-hybridized carbons (Fsp3) is 0.840. The number of carboxylic acids is 1. The molecule has 4 aliphatic rings. The van der Waals surface area contributed by atoms with Crippen LogP contribution in [0.5, 0.6) is 0 Å². The number of carboxylic acid groups (broad SMARTS) is 1. The molecule has 162 valence electrons. The predicted molar refractivity (Wildman–Crippen MR) is 112 cm³/mol. The Labute approximate surface area is 175 Å². The summed E-state index contributed by atoms with van der Waals surface area (Å²) in [5.74, 6) is 0.211. The predicted octanol–water partition coefficient (Wildman–Crippen LogP) is 5.61. The van der Waals surface area contributed by atoms with Gasteiger partial charge in [0, 0.05) is 5.41 Å². The molecule has 1 N–H and O–H groups in total. The zero-order chi connectivity index (χ0) is 21.2. The van der Waals surface area contributed by atoms with Gasteiger partial charge in [0.05, 0.1) is 11.3 Å². The van der Waals surface area contributed by atoms with E-state index < -0.39 is 11.4 Å². The van der Waals surface area contributed by atoms with Crippen LogP contribution in [-0.4, -0.2) is 23.1 Å². The highest BCUT2D eigenvalue weighted by Gasteiger charge is 2.68. The minimum atomic E-state index is -0.734. The lowest BCUT2D eigenvalue weighted by atomic mass is 9.40. The lowest BCUT2D eigenvalue weighted by Gasteiger charge is -2.65. The number of hydrogen-bond acceptors (Lipinski definition) is 3. The Morgan fingerprint density at radius 3 is 2.55 bits per heavy atom. The fourth-order valence-electron chi connectivity index (χ4n) is 8.11. The second-order valence-electron chi connectivity index (χ2n) is 11.2. The first-order chi connectivity index (χ1) is 13.6. The molecule has 0 aromatic heterocycles. The van der Waals surface area contributed by atoms with Crippen molar-refractivity contribution < 1.29 is 19.4 Å². The van der Waals surface area contributed by atoms with Crippen molar-refractivity contribution in [1.82, 2.24) is 0 Å². The van der Waals surface area contributed by atoms with E-state index in [0.717, 1.165) is 38.5 Å². The van der Waals surface area contributed by atoms with Crippen LogP contribution in [0.4, 0.5) is 0 Å². The van der Waals surface area contributed by atoms with Crippen molar-refractivity contribution in [2.24, 2.45) is 39.9 Å². The van der Waals surface area contributed by atoms with Crippen LogP contribution in [0.1, 0.15) is 85.5 Å². The van der Waals surface area contributed by atoms with E-state index >= 15 is 0 Å². The topological polar surface area (TPSA) is 63.6 Å². The molecule has 4 saturated carbocycles. The van der Waals surface area contributed by atoms with E-state index in [4.69, 9.17) is 4.74 Å². The number of hydrogen-bond donors (Lipinski definition) is 1. The Morgan fingerprint density at radius 2 is 1.90 bits per heavy atom. The van der Waals surface area contributed by atoms with E-state index in [2.05, 4.69) is 13.5 Å². The van der Waals surface area contributed by atoms with Gasteiger partial charge in [0.2, 0.25) is 0 Å². The number of carbonyl (C=O) groups excluding carboxylic acids is 1. The second-order valence-corrected chi connectivity index (χ2v) is 11.2. The summed E-state index contributed by atoms with van der Waals surface area (Å²) in [4.78, 5) is 25.2. The van der Waals surface area contributed by atoms with Gasteiger partial charge in [0.15, 0.2) is 0 Å². The van der Waals surface area contributed by atoms with Gasteiger partial charge in [-0.15, -0.1) is 0 Å². The van der Waals surface area contributed by atoms with Crippen molar-refractivity contribution in [3.05, 3.63) is 12.2 Å². The smallest absolute Gasteiger partial charge is 0.309 e. The highest BCUT2D eigenvalue weighted by atomic mass is 16.5. The summed E-state index contributed by atoms with van der Waals surface area (Å²) < 4.78 is 6.21. The van der Waals surface area contributed by atoms with Crippen LogP contribution < -0.4 is 0 Å². The lowest BCUT2D eigenvalue weighted by molar-refractivity contribution is -0.223. The summed E-state index contributed by atoms with van der Waals surface area (Å²) in [7, 11) is 0. The second kappa shape index (κ2) is 6.85. The van der Waals surface area contributed by atoms with Gasteiger partial charge in [-0.3, -0.25) is 9.59 Å². The number of allylic oxidation sites excluding steroid dienone is 1. The molecule has 4 heteroatoms. The number of rotatable bonds is 4. The van der Waals surface area contributed by atoms with Crippen LogP contribution in [0, 0.1) is 39.9 Å². The molecule has 0 radical (unpaired) electrons. The minimum Gasteiger partial charge on any atom is -0.481 e. The molecule has 2 bridgehead atoms. The standard InChI is InChI=1S/C25H38O4/c1-6-15(2)21(26)29-20-10-11-23(4,22(27)28)18-9-12-25-13-16(3)17(14-25)7-8-19(25)24(18,20)5/h15,17-20H,3,6-14H2,1-2,4-5H3,(H,27,28)/t15-,17-,18-,19+,20-,23-,24-,25-/m1/s1. The molecule has 0 aromatic rings. The first-order valence-corrected chi connectivity index (χ1v) is 11.7. The lowest BCUT2D eigenvalue weighted by Crippen LogP contribution is -2.64. The van der Waals surface area contributed by atoms with Crippen molar-refractivity contribution in [1.29, 1.82) is 0 Å². The van der Waals surface area contributed by atoms with E-state index in [1.165, 1.54) is 12.0 Å². The normalized spacial score (nSPS) is 47.1. The molecule has 29 heavy (non-hydrogen) atoms. The van der Waals surface area contributed by atoms with Crippen LogP contribution in [0.25, 0.3) is 0 Å². The largest absolute Gasteiger partial charge is 0.481 e. The molecule has 4 rings (SSSR count). The third-order valence-corrected chi connectivity index (χ3v) is 9.94. The third kappa shape index (κ3) is 2.84. The molecule has 0 unspecified atom stereocenters. The number of esters is 1. The van der Waals surface area contributed by atoms with Crippen LogP contribution >= 0.6 is 0 Å². The molecule has 8 atom stereocenters. The molecule has 4 fully saturated rings. The first kappa shape index (κ1) is 20.9. The SMILES string of the molecule is C=C1C[C@@]23CC[C@H]4[C@](C)([C@@H]2CC[C@@H]1C3)[C@H](OC(=O)[C@H](C)CC)CC[C@@]4(C)C(=O)O. The number of fused-ring (bicyclic) bond motifs is 3. The fourth-order valence-corrected chi connectivity index (χ4v) is 8.11. The Hall–Kier alpha value is -1.32. The van der Waals surface area contributed by atoms with Gasteiger partial charge in [-0.2, -0.15) is 0 Å². The maximum Gasteiger partial charge on any atom is 0.309 e. The van der Waals surface area contributed by atoms with Gasteiger partial charge in [-0.05, 0) is 87.9 Å². The van der Waals surface area contributed by atoms with E-state index in [1.54, 1.807) is 0 Å². The molecule has 0 aliphatic heterocycles. The Kier molecular flexibility index (Phi) is 4.94. The summed E-state index contributed by atoms with van der Waals surface area (Å²) in [6, 6.07) is 0. The molecule has 0 amide bonds. The van der Waals surface area contributed by atoms with Gasteiger partial charge < -0.3 is 9.84 Å². The quantitative estimate of drug-likeness (QED) is 0.490. The van der Waals surface area contributed by atoms with Gasteiger partial charge >= 0.3 is 11.9 Å². The van der Waals surface area contributed by atoms with Crippen LogP contribution in [-0.2, 0) is 14.3 Å². The summed E-state index contributed by atoms with van der Waals surface area (Å²) in [5, 5.41) is 10.2. The van der Waals surface area contributed by atoms with E-state index in [-0.39, 0.29) is 34.7 Å². The first-order valence-electron chi connectivity index (χ1n) is 11.7. The van der Waals surface area contributed by atoms with Crippen molar-refractivity contribution in [2.75, 3.05) is 0 Å². The highest BCUT2D eigenvalue weighted by Crippen LogP contribution is 2.72. The van der Waals surface area contributed by atoms with E-state index in [0.29, 0.717) is 24.7 Å². The van der Waals surface area contributed by atoms with Gasteiger partial charge in [0.1, 0.15) is 6.10 Å². The molecule has 0 saturated heterocycles. The van der Waals surface area contributed by atoms with Crippen LogP contribution in [0.2, 0.25) is 0 Å². The van der Waals surface area contributed by atoms with Crippen LogP contribution in [0.3, 0.4) is 0 Å². The van der Waals surface area contributed by atoms with Crippen LogP contribution in [0.15, 0.2) is 12.2 Å². The molecule has 0 aromatic carbocycles. The molecule has 4 nitrogen and oxygen atoms in total.